The molecule has 31 heavy (non-hydrogen) atoms. The molecule has 0 amide bonds. The van der Waals surface area contributed by atoms with Crippen molar-refractivity contribution in [1.82, 2.24) is 14.2 Å². The van der Waals surface area contributed by atoms with Gasteiger partial charge in [0.2, 0.25) is 10.0 Å². The van der Waals surface area contributed by atoms with Crippen molar-refractivity contribution in [3.8, 4) is 5.75 Å². The summed E-state index contributed by atoms with van der Waals surface area (Å²) in [7, 11) is -0.452. The summed E-state index contributed by atoms with van der Waals surface area (Å²) in [4.78, 5) is 9.42. The van der Waals surface area contributed by atoms with Crippen LogP contribution in [0.4, 0.5) is 5.13 Å². The maximum Gasteiger partial charge on any atom is 0.242 e. The van der Waals surface area contributed by atoms with Crippen molar-refractivity contribution in [3.05, 3.63) is 35.8 Å². The van der Waals surface area contributed by atoms with E-state index in [1.54, 1.807) is 23.5 Å². The van der Waals surface area contributed by atoms with E-state index in [0.29, 0.717) is 24.1 Å². The molecule has 2 bridgehead atoms. The van der Waals surface area contributed by atoms with Gasteiger partial charge in [-0.05, 0) is 42.5 Å². The van der Waals surface area contributed by atoms with E-state index in [0.717, 1.165) is 31.3 Å². The smallest absolute Gasteiger partial charge is 0.242 e. The molecule has 1 N–H and O–H groups in total. The van der Waals surface area contributed by atoms with Crippen molar-refractivity contribution in [3.63, 3.8) is 0 Å². The number of aliphatic hydroxyl groups excluding tert-OH is 1. The van der Waals surface area contributed by atoms with Crippen molar-refractivity contribution in [2.24, 2.45) is 11.8 Å². The van der Waals surface area contributed by atoms with Crippen LogP contribution in [0.5, 0.6) is 5.75 Å². The summed E-state index contributed by atoms with van der Waals surface area (Å²) in [6, 6.07) is 6.30. The van der Waals surface area contributed by atoms with Crippen molar-refractivity contribution >= 4 is 26.5 Å². The number of likely N-dealkylation sites (tertiary alicyclic amines) is 1. The van der Waals surface area contributed by atoms with E-state index in [1.807, 2.05) is 11.6 Å². The van der Waals surface area contributed by atoms with Crippen molar-refractivity contribution in [2.45, 2.75) is 17.4 Å². The Morgan fingerprint density at radius 2 is 1.87 bits per heavy atom. The fourth-order valence-corrected chi connectivity index (χ4v) is 6.09. The summed E-state index contributed by atoms with van der Waals surface area (Å²) < 4.78 is 31.1. The number of nitrogens with zero attached hydrogens (tertiary/aromatic N) is 4. The van der Waals surface area contributed by atoms with Crippen LogP contribution in [0.15, 0.2) is 40.7 Å². The predicted octanol–water partition coefficient (Wildman–Crippen LogP) is 1.59. The largest absolute Gasteiger partial charge is 0.491 e. The highest BCUT2D eigenvalue weighted by Gasteiger charge is 2.35. The third-order valence-corrected chi connectivity index (χ3v) is 8.52. The van der Waals surface area contributed by atoms with E-state index in [-0.39, 0.29) is 11.5 Å². The standard InChI is InChI=1S/C21H30N4O4S2/c1-23(2)31(27,28)20-5-3-19(4-6-20)29-15-18(26)14-24-10-16-9-17(11-24)13-25(12-16)21-22-7-8-30-21/h3-8,16-18,26H,9-15H2,1-2H3. The number of hydrogen-bond acceptors (Lipinski definition) is 8. The first-order valence-corrected chi connectivity index (χ1v) is 12.8. The molecule has 0 saturated carbocycles. The second-order valence-electron chi connectivity index (χ2n) is 8.63. The van der Waals surface area contributed by atoms with E-state index < -0.39 is 16.1 Å². The number of piperidine rings is 2. The van der Waals surface area contributed by atoms with Crippen LogP contribution in [-0.4, -0.2) is 87.2 Å². The van der Waals surface area contributed by atoms with Crippen LogP contribution in [0.1, 0.15) is 6.42 Å². The highest BCUT2D eigenvalue weighted by atomic mass is 32.2. The zero-order chi connectivity index (χ0) is 22.0. The summed E-state index contributed by atoms with van der Waals surface area (Å²) in [5, 5.41) is 13.6. The molecule has 2 fully saturated rings. The van der Waals surface area contributed by atoms with Crippen LogP contribution >= 0.6 is 11.3 Å². The normalized spacial score (nSPS) is 23.2. The highest BCUT2D eigenvalue weighted by Crippen LogP contribution is 2.32. The number of thiazole rings is 1. The van der Waals surface area contributed by atoms with Crippen LogP contribution in [0.3, 0.4) is 0 Å². The lowest BCUT2D eigenvalue weighted by atomic mass is 9.85. The van der Waals surface area contributed by atoms with Gasteiger partial charge < -0.3 is 14.7 Å². The van der Waals surface area contributed by atoms with Crippen LogP contribution in [0.2, 0.25) is 0 Å². The van der Waals surface area contributed by atoms with Gasteiger partial charge in [0.1, 0.15) is 18.5 Å². The molecule has 4 rings (SSSR count). The van der Waals surface area contributed by atoms with Gasteiger partial charge in [-0.25, -0.2) is 17.7 Å². The van der Waals surface area contributed by atoms with Crippen molar-refractivity contribution in [2.75, 3.05) is 58.3 Å². The molecule has 10 heteroatoms. The molecule has 3 heterocycles. The Hall–Kier alpha value is -1.72. The minimum atomic E-state index is -3.46. The number of aromatic nitrogens is 1. The minimum Gasteiger partial charge on any atom is -0.491 e. The Bertz CT molecular complexity index is 936. The molecule has 1 aromatic heterocycles. The second kappa shape index (κ2) is 9.41. The lowest BCUT2D eigenvalue weighted by Gasteiger charge is -2.46. The van der Waals surface area contributed by atoms with Crippen molar-refractivity contribution in [1.29, 1.82) is 0 Å². The Balaban J connectivity index is 1.25. The van der Waals surface area contributed by atoms with Gasteiger partial charge in [0.25, 0.3) is 0 Å². The average Bonchev–Trinajstić information content (AvgIpc) is 3.27. The maximum atomic E-state index is 12.1. The Kier molecular flexibility index (Phi) is 6.83. The first kappa shape index (κ1) is 22.5. The van der Waals surface area contributed by atoms with Gasteiger partial charge in [0.15, 0.2) is 5.13 Å². The zero-order valence-corrected chi connectivity index (χ0v) is 19.6. The van der Waals surface area contributed by atoms with Crippen LogP contribution in [0, 0.1) is 11.8 Å². The number of anilines is 1. The minimum absolute atomic E-state index is 0.177. The Morgan fingerprint density at radius 1 is 1.19 bits per heavy atom. The molecular weight excluding hydrogens is 436 g/mol. The number of β-amino-alcohol motifs (C(OH)–C–C–N with tert-alkyl or cyclic N) is 1. The molecule has 2 aromatic rings. The number of hydrogen-bond donors (Lipinski definition) is 1. The molecular formula is C21H30N4O4S2. The maximum absolute atomic E-state index is 12.1. The number of fused-ring (bicyclic) bond motifs is 2. The summed E-state index contributed by atoms with van der Waals surface area (Å²) in [5.41, 5.74) is 0. The number of ether oxygens (including phenoxy) is 1. The van der Waals surface area contributed by atoms with Crippen LogP contribution < -0.4 is 9.64 Å². The first-order chi connectivity index (χ1) is 14.8. The third-order valence-electron chi connectivity index (χ3n) is 5.86. The van der Waals surface area contributed by atoms with Gasteiger partial charge in [-0.15, -0.1) is 11.3 Å². The van der Waals surface area contributed by atoms with Gasteiger partial charge in [-0.3, -0.25) is 4.90 Å². The summed E-state index contributed by atoms with van der Waals surface area (Å²) in [6.07, 6.45) is 2.51. The third kappa shape index (κ3) is 5.38. The average molecular weight is 467 g/mol. The quantitative estimate of drug-likeness (QED) is 0.632. The molecule has 1 aromatic carbocycles. The molecule has 0 aliphatic carbocycles. The molecule has 2 saturated heterocycles. The molecule has 0 spiro atoms. The Labute approximate surface area is 188 Å². The van der Waals surface area contributed by atoms with E-state index in [4.69, 9.17) is 4.74 Å². The number of sulfonamides is 1. The number of rotatable bonds is 8. The zero-order valence-electron chi connectivity index (χ0n) is 17.9. The van der Waals surface area contributed by atoms with Gasteiger partial charge in [-0.2, -0.15) is 0 Å². The van der Waals surface area contributed by atoms with Crippen LogP contribution in [-0.2, 0) is 10.0 Å². The molecule has 8 nitrogen and oxygen atoms in total. The van der Waals surface area contributed by atoms with Gasteiger partial charge in [0.05, 0.1) is 4.90 Å². The molecule has 3 unspecified atom stereocenters. The van der Waals surface area contributed by atoms with Crippen molar-refractivity contribution < 1.29 is 18.3 Å². The van der Waals surface area contributed by atoms with E-state index in [2.05, 4.69) is 14.8 Å². The SMILES string of the molecule is CN(C)S(=O)(=O)c1ccc(OCC(O)CN2CC3CC(C2)CN(c2nccs2)C3)cc1. The fraction of sp³-hybridized carbons (Fsp3) is 0.571. The molecule has 2 aliphatic heterocycles. The van der Waals surface area contributed by atoms with Crippen LogP contribution in [0.25, 0.3) is 0 Å². The molecule has 170 valence electrons. The van der Waals surface area contributed by atoms with Gasteiger partial charge in [0, 0.05) is 58.4 Å². The number of aliphatic hydroxyl groups is 1. The number of benzene rings is 1. The lowest BCUT2D eigenvalue weighted by molar-refractivity contribution is 0.0335. The molecule has 2 aliphatic rings. The molecule has 0 radical (unpaired) electrons. The first-order valence-electron chi connectivity index (χ1n) is 10.5. The lowest BCUT2D eigenvalue weighted by Crippen LogP contribution is -2.54. The molecule has 3 atom stereocenters. The van der Waals surface area contributed by atoms with E-state index in [9.17, 15) is 13.5 Å². The van der Waals surface area contributed by atoms with Gasteiger partial charge in [-0.1, -0.05) is 0 Å². The summed E-state index contributed by atoms with van der Waals surface area (Å²) in [5.74, 6) is 1.73. The summed E-state index contributed by atoms with van der Waals surface area (Å²) >= 11 is 1.70. The van der Waals surface area contributed by atoms with Gasteiger partial charge >= 0.3 is 0 Å². The Morgan fingerprint density at radius 3 is 2.45 bits per heavy atom. The highest BCUT2D eigenvalue weighted by molar-refractivity contribution is 7.89. The van der Waals surface area contributed by atoms with E-state index in [1.165, 1.54) is 37.0 Å². The fourth-order valence-electron chi connectivity index (χ4n) is 4.53. The predicted molar refractivity (Wildman–Crippen MR) is 121 cm³/mol. The second-order valence-corrected chi connectivity index (χ2v) is 11.7. The summed E-state index contributed by atoms with van der Waals surface area (Å²) in [6.45, 7) is 4.76. The topological polar surface area (TPSA) is 86.2 Å². The van der Waals surface area contributed by atoms with E-state index >= 15 is 0 Å². The monoisotopic (exact) mass is 466 g/mol.